The van der Waals surface area contributed by atoms with Crippen LogP contribution in [0.1, 0.15) is 41.6 Å². The van der Waals surface area contributed by atoms with E-state index in [1.807, 2.05) is 0 Å². The number of nitro benzene ring substituents is 1. The number of hydrogen-bond donors (Lipinski definition) is 2. The summed E-state index contributed by atoms with van der Waals surface area (Å²) in [7, 11) is 0. The lowest BCUT2D eigenvalue weighted by Gasteiger charge is -2.18. The summed E-state index contributed by atoms with van der Waals surface area (Å²) in [6.45, 7) is -0.0956. The maximum Gasteiger partial charge on any atom is 0.416 e. The van der Waals surface area contributed by atoms with Gasteiger partial charge in [-0.25, -0.2) is 0 Å². The predicted octanol–water partition coefficient (Wildman–Crippen LogP) is 2.89. The molecule has 0 radical (unpaired) electrons. The summed E-state index contributed by atoms with van der Waals surface area (Å²) < 4.78 is 37.9. The van der Waals surface area contributed by atoms with Crippen molar-refractivity contribution in [1.82, 2.24) is 5.32 Å². The SMILES string of the molecule is O=C(NC[C@H](O)C1CCCC1)c1ccc(C(F)(F)F)cc1[N+](=O)[O-]. The molecule has 0 aromatic heterocycles. The first kappa shape index (κ1) is 18.2. The number of nitrogens with zero attached hydrogens (tertiary/aromatic N) is 1. The van der Waals surface area contributed by atoms with Crippen LogP contribution in [0.4, 0.5) is 18.9 Å². The summed E-state index contributed by atoms with van der Waals surface area (Å²) in [6, 6.07) is 1.73. The lowest BCUT2D eigenvalue weighted by Crippen LogP contribution is -2.35. The van der Waals surface area contributed by atoms with Crippen LogP contribution in [0, 0.1) is 16.0 Å². The fourth-order valence-electron chi connectivity index (χ4n) is 2.85. The second-order valence-electron chi connectivity index (χ2n) is 5.81. The molecule has 2 rings (SSSR count). The minimum atomic E-state index is -4.74. The van der Waals surface area contributed by atoms with Crippen LogP contribution in [0.2, 0.25) is 0 Å². The number of aliphatic hydroxyl groups excluding tert-OH is 1. The topological polar surface area (TPSA) is 92.5 Å². The summed E-state index contributed by atoms with van der Waals surface area (Å²) >= 11 is 0. The first-order valence-electron chi connectivity index (χ1n) is 7.52. The maximum atomic E-state index is 12.6. The number of carbonyl (C=O) groups excluding carboxylic acids is 1. The van der Waals surface area contributed by atoms with Crippen molar-refractivity contribution in [3.8, 4) is 0 Å². The van der Waals surface area contributed by atoms with E-state index in [1.54, 1.807) is 0 Å². The third-order valence-corrected chi connectivity index (χ3v) is 4.18. The molecule has 1 aromatic rings. The van der Waals surface area contributed by atoms with Gasteiger partial charge in [-0.1, -0.05) is 12.8 Å². The van der Waals surface area contributed by atoms with Gasteiger partial charge in [-0.2, -0.15) is 13.2 Å². The third-order valence-electron chi connectivity index (χ3n) is 4.18. The Morgan fingerprint density at radius 3 is 2.54 bits per heavy atom. The summed E-state index contributed by atoms with van der Waals surface area (Å²) in [4.78, 5) is 22.0. The Kier molecular flexibility index (Phi) is 5.43. The van der Waals surface area contributed by atoms with Gasteiger partial charge < -0.3 is 10.4 Å². The van der Waals surface area contributed by atoms with Crippen molar-refractivity contribution in [1.29, 1.82) is 0 Å². The van der Waals surface area contributed by atoms with Gasteiger partial charge in [-0.3, -0.25) is 14.9 Å². The van der Waals surface area contributed by atoms with E-state index in [1.165, 1.54) is 0 Å². The molecule has 0 saturated heterocycles. The van der Waals surface area contributed by atoms with E-state index < -0.39 is 39.9 Å². The number of aliphatic hydroxyl groups is 1. The molecule has 0 bridgehead atoms. The average molecular weight is 346 g/mol. The number of halogens is 3. The summed E-state index contributed by atoms with van der Waals surface area (Å²) in [5, 5.41) is 23.3. The van der Waals surface area contributed by atoms with Crippen LogP contribution in [0.5, 0.6) is 0 Å². The number of benzene rings is 1. The van der Waals surface area contributed by atoms with E-state index in [9.17, 15) is 33.2 Å². The van der Waals surface area contributed by atoms with Crippen LogP contribution in [0.3, 0.4) is 0 Å². The molecule has 1 amide bonds. The minimum Gasteiger partial charge on any atom is -0.391 e. The van der Waals surface area contributed by atoms with Crippen molar-refractivity contribution >= 4 is 11.6 Å². The molecule has 132 valence electrons. The number of amides is 1. The highest BCUT2D eigenvalue weighted by atomic mass is 19.4. The molecule has 1 saturated carbocycles. The van der Waals surface area contributed by atoms with E-state index in [4.69, 9.17) is 0 Å². The molecule has 6 nitrogen and oxygen atoms in total. The quantitative estimate of drug-likeness (QED) is 0.633. The predicted molar refractivity (Wildman–Crippen MR) is 78.4 cm³/mol. The van der Waals surface area contributed by atoms with E-state index in [0.717, 1.165) is 31.7 Å². The standard InChI is InChI=1S/C15H17F3N2O4/c16-15(17,18)10-5-6-11(12(7-10)20(23)24)14(22)19-8-13(21)9-3-1-2-4-9/h5-7,9,13,21H,1-4,8H2,(H,19,22)/t13-/m0/s1. The highest BCUT2D eigenvalue weighted by Gasteiger charge is 2.34. The van der Waals surface area contributed by atoms with Crippen molar-refractivity contribution in [2.45, 2.75) is 38.0 Å². The van der Waals surface area contributed by atoms with E-state index in [-0.39, 0.29) is 12.5 Å². The van der Waals surface area contributed by atoms with Crippen LogP contribution >= 0.6 is 0 Å². The Bertz CT molecular complexity index is 628. The van der Waals surface area contributed by atoms with Crippen LogP contribution in [-0.4, -0.2) is 28.6 Å². The van der Waals surface area contributed by atoms with Crippen molar-refractivity contribution < 1.29 is 28.0 Å². The van der Waals surface area contributed by atoms with Crippen molar-refractivity contribution in [3.05, 3.63) is 39.4 Å². The zero-order valence-corrected chi connectivity index (χ0v) is 12.7. The van der Waals surface area contributed by atoms with Crippen molar-refractivity contribution in [2.75, 3.05) is 6.54 Å². The van der Waals surface area contributed by atoms with Crippen LogP contribution < -0.4 is 5.32 Å². The summed E-state index contributed by atoms with van der Waals surface area (Å²) in [6.07, 6.45) is -1.82. The number of rotatable bonds is 5. The van der Waals surface area contributed by atoms with Gasteiger partial charge in [0.1, 0.15) is 5.56 Å². The molecular weight excluding hydrogens is 329 g/mol. The number of hydrogen-bond acceptors (Lipinski definition) is 4. The van der Waals surface area contributed by atoms with E-state index >= 15 is 0 Å². The number of nitro groups is 1. The Hall–Kier alpha value is -2.16. The molecule has 0 unspecified atom stereocenters. The second kappa shape index (κ2) is 7.16. The second-order valence-corrected chi connectivity index (χ2v) is 5.81. The van der Waals surface area contributed by atoms with Gasteiger partial charge in [0, 0.05) is 12.6 Å². The molecule has 0 heterocycles. The van der Waals surface area contributed by atoms with Gasteiger partial charge >= 0.3 is 6.18 Å². The van der Waals surface area contributed by atoms with Gasteiger partial charge in [0.05, 0.1) is 16.6 Å². The molecule has 0 spiro atoms. The summed E-state index contributed by atoms with van der Waals surface area (Å²) in [5.74, 6) is -0.819. The van der Waals surface area contributed by atoms with E-state index in [2.05, 4.69) is 5.32 Å². The fourth-order valence-corrected chi connectivity index (χ4v) is 2.85. The average Bonchev–Trinajstić information content (AvgIpc) is 3.05. The molecule has 9 heteroatoms. The molecule has 24 heavy (non-hydrogen) atoms. The zero-order valence-electron chi connectivity index (χ0n) is 12.7. The molecule has 1 aliphatic carbocycles. The zero-order chi connectivity index (χ0) is 17.9. The third kappa shape index (κ3) is 4.22. The highest BCUT2D eigenvalue weighted by molar-refractivity contribution is 5.98. The van der Waals surface area contributed by atoms with Crippen molar-refractivity contribution in [2.24, 2.45) is 5.92 Å². The lowest BCUT2D eigenvalue weighted by molar-refractivity contribution is -0.385. The van der Waals surface area contributed by atoms with Gasteiger partial charge in [0.15, 0.2) is 0 Å². The van der Waals surface area contributed by atoms with Gasteiger partial charge in [0.25, 0.3) is 11.6 Å². The monoisotopic (exact) mass is 346 g/mol. The van der Waals surface area contributed by atoms with Crippen LogP contribution in [0.15, 0.2) is 18.2 Å². The van der Waals surface area contributed by atoms with Crippen LogP contribution in [0.25, 0.3) is 0 Å². The minimum absolute atomic E-state index is 0.0629. The molecular formula is C15H17F3N2O4. The molecule has 1 atom stereocenters. The fraction of sp³-hybridized carbons (Fsp3) is 0.533. The first-order valence-corrected chi connectivity index (χ1v) is 7.52. The number of carbonyl (C=O) groups is 1. The lowest BCUT2D eigenvalue weighted by atomic mass is 10.0. The molecule has 0 aliphatic heterocycles. The smallest absolute Gasteiger partial charge is 0.391 e. The van der Waals surface area contributed by atoms with Gasteiger partial charge in [-0.05, 0) is 30.9 Å². The first-order chi connectivity index (χ1) is 11.2. The Balaban J connectivity index is 2.11. The maximum absolute atomic E-state index is 12.6. The Morgan fingerprint density at radius 1 is 1.38 bits per heavy atom. The molecule has 1 aromatic carbocycles. The molecule has 1 fully saturated rings. The van der Waals surface area contributed by atoms with E-state index in [0.29, 0.717) is 12.1 Å². The summed E-state index contributed by atoms with van der Waals surface area (Å²) in [5.41, 5.74) is -2.58. The van der Waals surface area contributed by atoms with Gasteiger partial charge in [-0.15, -0.1) is 0 Å². The number of nitrogens with one attached hydrogen (secondary N) is 1. The Labute approximate surface area is 135 Å². The highest BCUT2D eigenvalue weighted by Crippen LogP contribution is 2.33. The number of alkyl halides is 3. The largest absolute Gasteiger partial charge is 0.416 e. The Morgan fingerprint density at radius 2 is 2.00 bits per heavy atom. The van der Waals surface area contributed by atoms with Crippen LogP contribution in [-0.2, 0) is 6.18 Å². The van der Waals surface area contributed by atoms with Crippen molar-refractivity contribution in [3.63, 3.8) is 0 Å². The normalized spacial score (nSPS) is 16.8. The molecule has 1 aliphatic rings. The van der Waals surface area contributed by atoms with Gasteiger partial charge in [0.2, 0.25) is 0 Å². The molecule has 2 N–H and O–H groups in total.